The maximum absolute atomic E-state index is 14.0. The van der Waals surface area contributed by atoms with E-state index in [1.165, 1.54) is 18.2 Å². The molecule has 41 heavy (non-hydrogen) atoms. The quantitative estimate of drug-likeness (QED) is 0.211. The van der Waals surface area contributed by atoms with Crippen molar-refractivity contribution in [3.8, 4) is 5.75 Å². The second-order valence-corrected chi connectivity index (χ2v) is 10.9. The molecule has 0 spiro atoms. The van der Waals surface area contributed by atoms with Gasteiger partial charge in [-0.05, 0) is 67.1 Å². The minimum atomic E-state index is -1.76. The van der Waals surface area contributed by atoms with E-state index >= 15 is 0 Å². The van der Waals surface area contributed by atoms with Gasteiger partial charge >= 0.3 is 7.12 Å². The number of benzene rings is 2. The normalized spacial score (nSPS) is 25.4. The Balaban J connectivity index is 1.42. The molecule has 9 nitrogen and oxygen atoms in total. The fourth-order valence-electron chi connectivity index (χ4n) is 6.76. The number of aliphatic hydroxyl groups excluding tert-OH is 1. The minimum Gasteiger partial charge on any atom is -0.491 e. The summed E-state index contributed by atoms with van der Waals surface area (Å²) in [6, 6.07) is 13.2. The number of aliphatic hydroxyl groups is 1. The second-order valence-electron chi connectivity index (χ2n) is 10.9. The molecule has 0 saturated carbocycles. The first kappa shape index (κ1) is 27.1. The molecule has 2 amide bonds. The number of fused-ring (bicyclic) bond motifs is 3. The first-order valence-corrected chi connectivity index (χ1v) is 13.6. The van der Waals surface area contributed by atoms with Crippen LogP contribution in [0.25, 0.3) is 0 Å². The van der Waals surface area contributed by atoms with Crippen LogP contribution in [0.5, 0.6) is 5.75 Å². The van der Waals surface area contributed by atoms with Gasteiger partial charge in [0.25, 0.3) is 0 Å². The highest BCUT2D eigenvalue weighted by atomic mass is 16.5. The summed E-state index contributed by atoms with van der Waals surface area (Å²) in [5.41, 5.74) is 3.15. The van der Waals surface area contributed by atoms with Crippen LogP contribution in [0.2, 0.25) is 0 Å². The van der Waals surface area contributed by atoms with Crippen molar-refractivity contribution >= 4 is 41.6 Å². The first-order valence-electron chi connectivity index (χ1n) is 13.6. The van der Waals surface area contributed by atoms with Crippen LogP contribution in [-0.4, -0.2) is 58.9 Å². The summed E-state index contributed by atoms with van der Waals surface area (Å²) in [5.74, 6) is -3.11. The Labute approximate surface area is 236 Å². The van der Waals surface area contributed by atoms with Crippen molar-refractivity contribution in [1.82, 2.24) is 0 Å². The molecular formula is C31H28BNO8. The van der Waals surface area contributed by atoms with E-state index < -0.39 is 36.7 Å². The van der Waals surface area contributed by atoms with Crippen LogP contribution < -0.4 is 15.1 Å². The van der Waals surface area contributed by atoms with Gasteiger partial charge in [-0.3, -0.25) is 24.1 Å². The van der Waals surface area contributed by atoms with Crippen molar-refractivity contribution in [3.05, 3.63) is 88.5 Å². The van der Waals surface area contributed by atoms with E-state index in [0.717, 1.165) is 16.0 Å². The Bertz CT molecular complexity index is 1570. The maximum Gasteiger partial charge on any atom is 0.488 e. The summed E-state index contributed by atoms with van der Waals surface area (Å²) >= 11 is 0. The van der Waals surface area contributed by atoms with Crippen LogP contribution in [0.1, 0.15) is 31.2 Å². The predicted octanol–water partition coefficient (Wildman–Crippen LogP) is 1.37. The number of amides is 2. The van der Waals surface area contributed by atoms with Crippen LogP contribution in [0.15, 0.2) is 83.0 Å². The molecule has 2 aromatic rings. The largest absolute Gasteiger partial charge is 0.491 e. The van der Waals surface area contributed by atoms with Gasteiger partial charge in [-0.2, -0.15) is 0 Å². The number of ketones is 2. The van der Waals surface area contributed by atoms with E-state index in [1.807, 2.05) is 18.2 Å². The lowest BCUT2D eigenvalue weighted by atomic mass is 9.59. The monoisotopic (exact) mass is 553 g/mol. The number of nitrogens with zero attached hydrogens (tertiary/aromatic N) is 1. The van der Waals surface area contributed by atoms with Crippen molar-refractivity contribution in [3.63, 3.8) is 0 Å². The average Bonchev–Trinajstić information content (AvgIpc) is 3.23. The molecule has 0 bridgehead atoms. The summed E-state index contributed by atoms with van der Waals surface area (Å²) in [7, 11) is -1.76. The Morgan fingerprint density at radius 3 is 2.46 bits per heavy atom. The summed E-state index contributed by atoms with van der Waals surface area (Å²) in [5, 5.41) is 28.3. The van der Waals surface area contributed by atoms with E-state index in [1.54, 1.807) is 31.2 Å². The van der Waals surface area contributed by atoms with Crippen LogP contribution in [0.4, 0.5) is 5.69 Å². The number of imide groups is 1. The number of hydrogen-bond acceptors (Lipinski definition) is 8. The third-order valence-corrected chi connectivity index (χ3v) is 8.56. The highest BCUT2D eigenvalue weighted by Gasteiger charge is 2.56. The van der Waals surface area contributed by atoms with E-state index in [4.69, 9.17) is 9.84 Å². The molecule has 1 heterocycles. The molecular weight excluding hydrogens is 525 g/mol. The van der Waals surface area contributed by atoms with E-state index in [9.17, 15) is 29.2 Å². The second kappa shape index (κ2) is 10.4. The molecule has 208 valence electrons. The Hall–Kier alpha value is -4.12. The van der Waals surface area contributed by atoms with Crippen molar-refractivity contribution in [2.75, 3.05) is 18.1 Å². The summed E-state index contributed by atoms with van der Waals surface area (Å²) in [4.78, 5) is 55.5. The number of ether oxygens (including phenoxy) is 1. The van der Waals surface area contributed by atoms with Crippen LogP contribution >= 0.6 is 0 Å². The lowest BCUT2D eigenvalue weighted by molar-refractivity contribution is -0.123. The highest BCUT2D eigenvalue weighted by molar-refractivity contribution is 6.58. The first-order chi connectivity index (χ1) is 19.7. The Morgan fingerprint density at radius 2 is 1.76 bits per heavy atom. The molecule has 0 aromatic heterocycles. The van der Waals surface area contributed by atoms with E-state index in [0.29, 0.717) is 28.9 Å². The van der Waals surface area contributed by atoms with Crippen LogP contribution in [0, 0.1) is 17.8 Å². The summed E-state index contributed by atoms with van der Waals surface area (Å²) in [6.45, 7) is 1.61. The lowest BCUT2D eigenvalue weighted by Crippen LogP contribution is -2.40. The highest BCUT2D eigenvalue weighted by Crippen LogP contribution is 2.55. The van der Waals surface area contributed by atoms with Gasteiger partial charge in [0.2, 0.25) is 11.8 Å². The standard InChI is InChI=1S/C31H28BNO8/c1-16-13-25(35)28-24(29(16)36)15-23-21(26(28)17-5-7-20(8-6-17)41-12-11-34)9-10-22-27(23)31(38)33(30(22)37)19-4-2-3-18(14-19)32(39)40/h2-9,13-14,22-23,26-27,34,39-40H,10-12,15H2,1H3. The van der Waals surface area contributed by atoms with Gasteiger partial charge in [0.05, 0.1) is 24.1 Å². The molecule has 0 radical (unpaired) electrons. The van der Waals surface area contributed by atoms with Crippen LogP contribution in [0.3, 0.4) is 0 Å². The lowest BCUT2D eigenvalue weighted by Gasteiger charge is -2.42. The smallest absolute Gasteiger partial charge is 0.488 e. The number of anilines is 1. The molecule has 6 rings (SSSR count). The predicted molar refractivity (Wildman–Crippen MR) is 149 cm³/mol. The minimum absolute atomic E-state index is 0.130. The van der Waals surface area contributed by atoms with Crippen molar-refractivity contribution in [2.45, 2.75) is 25.7 Å². The fraction of sp³-hybridized carbons (Fsp3) is 0.290. The summed E-state index contributed by atoms with van der Waals surface area (Å²) < 4.78 is 5.50. The SMILES string of the molecule is CC1=CC(=O)C2=C(CC3C(=CCC4C(=O)N(c5cccc(B(O)O)c5)C(=O)C43)C2c2ccc(OCCO)cc2)C1=O. The van der Waals surface area contributed by atoms with E-state index in [-0.39, 0.29) is 48.3 Å². The molecule has 1 aliphatic heterocycles. The Kier molecular flexibility index (Phi) is 6.85. The molecule has 1 saturated heterocycles. The number of rotatable bonds is 6. The molecule has 4 unspecified atom stereocenters. The van der Waals surface area contributed by atoms with Gasteiger partial charge in [-0.25, -0.2) is 0 Å². The van der Waals surface area contributed by atoms with Crippen molar-refractivity contribution in [2.24, 2.45) is 17.8 Å². The zero-order valence-corrected chi connectivity index (χ0v) is 22.3. The molecule has 3 aliphatic carbocycles. The molecule has 3 N–H and O–H groups in total. The number of carbonyl (C=O) groups is 4. The zero-order chi connectivity index (χ0) is 29.0. The maximum atomic E-state index is 14.0. The third-order valence-electron chi connectivity index (χ3n) is 8.56. The average molecular weight is 553 g/mol. The Morgan fingerprint density at radius 1 is 1.00 bits per heavy atom. The van der Waals surface area contributed by atoms with Gasteiger partial charge in [0.1, 0.15) is 12.4 Å². The van der Waals surface area contributed by atoms with Gasteiger partial charge in [-0.15, -0.1) is 0 Å². The zero-order valence-electron chi connectivity index (χ0n) is 22.3. The number of allylic oxidation sites excluding steroid dienone is 6. The summed E-state index contributed by atoms with van der Waals surface area (Å²) in [6.07, 6.45) is 3.79. The number of Topliss-reactive ketones (excluding diaryl/α,β-unsaturated/α-hetero) is 1. The van der Waals surface area contributed by atoms with Crippen molar-refractivity contribution < 1.29 is 39.1 Å². The third kappa shape index (κ3) is 4.39. The van der Waals surface area contributed by atoms with E-state index in [2.05, 4.69) is 0 Å². The van der Waals surface area contributed by atoms with Gasteiger partial charge in [0.15, 0.2) is 11.6 Å². The van der Waals surface area contributed by atoms with Crippen LogP contribution in [-0.2, 0) is 19.2 Å². The fourth-order valence-corrected chi connectivity index (χ4v) is 6.76. The van der Waals surface area contributed by atoms with Crippen molar-refractivity contribution in [1.29, 1.82) is 0 Å². The molecule has 1 fully saturated rings. The topological polar surface area (TPSA) is 141 Å². The molecule has 4 atom stereocenters. The van der Waals surface area contributed by atoms with Gasteiger partial charge < -0.3 is 19.9 Å². The molecule has 4 aliphatic rings. The van der Waals surface area contributed by atoms with Gasteiger partial charge in [0, 0.05) is 22.6 Å². The molecule has 10 heteroatoms. The number of carbonyl (C=O) groups excluding carboxylic acids is 4. The number of hydrogen-bond donors (Lipinski definition) is 3. The van der Waals surface area contributed by atoms with Gasteiger partial charge in [-0.1, -0.05) is 35.9 Å². The molecule has 2 aromatic carbocycles.